The van der Waals surface area contributed by atoms with Crippen molar-refractivity contribution in [2.24, 2.45) is 5.14 Å². The molecule has 2 rings (SSSR count). The molecule has 0 heterocycles. The Hall–Kier alpha value is -1.30. The van der Waals surface area contributed by atoms with Crippen molar-refractivity contribution in [3.63, 3.8) is 0 Å². The lowest BCUT2D eigenvalue weighted by molar-refractivity contribution is 0.461. The highest BCUT2D eigenvalue weighted by Gasteiger charge is 2.08. The number of hydrogen-bond acceptors (Lipinski definition) is 3. The molecule has 0 radical (unpaired) electrons. The molecule has 20 heavy (non-hydrogen) atoms. The normalized spacial score (nSPS) is 12.3. The van der Waals surface area contributed by atoms with Crippen LogP contribution < -0.4 is 5.14 Å². The molecule has 0 aromatic heterocycles. The first kappa shape index (κ1) is 15.1. The van der Waals surface area contributed by atoms with Gasteiger partial charge in [0.05, 0.1) is 4.90 Å². The Morgan fingerprint density at radius 2 is 1.80 bits per heavy atom. The Morgan fingerprint density at radius 1 is 1.15 bits per heavy atom. The Balaban J connectivity index is 2.27. The molecular weight excluding hydrogens is 290 g/mol. The quantitative estimate of drug-likeness (QED) is 0.891. The Labute approximate surface area is 125 Å². The van der Waals surface area contributed by atoms with Gasteiger partial charge in [0, 0.05) is 5.75 Å². The summed E-state index contributed by atoms with van der Waals surface area (Å²) in [5.74, 6) is 2.07. The van der Waals surface area contributed by atoms with E-state index in [1.807, 2.05) is 23.9 Å². The van der Waals surface area contributed by atoms with Crippen molar-refractivity contribution in [3.05, 3.63) is 48.0 Å². The van der Waals surface area contributed by atoms with E-state index in [9.17, 15) is 9.32 Å². The molecule has 0 spiro atoms. The lowest BCUT2D eigenvalue weighted by Crippen LogP contribution is -2.03. The first-order valence-corrected chi connectivity index (χ1v) is 8.65. The topological polar surface area (TPSA) is 63.3 Å². The summed E-state index contributed by atoms with van der Waals surface area (Å²) < 4.78 is 11.3. The second kappa shape index (κ2) is 6.92. The molecule has 0 bridgehead atoms. The molecule has 2 aromatic rings. The Morgan fingerprint density at radius 3 is 2.40 bits per heavy atom. The van der Waals surface area contributed by atoms with Gasteiger partial charge < -0.3 is 5.11 Å². The van der Waals surface area contributed by atoms with Gasteiger partial charge in [-0.2, -0.15) is 11.8 Å². The second-order valence-corrected chi connectivity index (χ2v) is 6.62. The Kier molecular flexibility index (Phi) is 5.23. The number of rotatable bonds is 5. The summed E-state index contributed by atoms with van der Waals surface area (Å²) in [6, 6.07) is 13.2. The predicted octanol–water partition coefficient (Wildman–Crippen LogP) is 3.29. The maximum absolute atomic E-state index is 11.3. The van der Waals surface area contributed by atoms with E-state index in [1.165, 1.54) is 11.6 Å². The molecule has 3 nitrogen and oxygen atoms in total. The van der Waals surface area contributed by atoms with Crippen LogP contribution in [0.15, 0.2) is 47.4 Å². The maximum atomic E-state index is 11.3. The molecule has 1 unspecified atom stereocenters. The van der Waals surface area contributed by atoms with Crippen molar-refractivity contribution in [1.82, 2.24) is 0 Å². The average Bonchev–Trinajstić information content (AvgIpc) is 2.46. The van der Waals surface area contributed by atoms with E-state index in [2.05, 4.69) is 19.1 Å². The monoisotopic (exact) mass is 307 g/mol. The third kappa shape index (κ3) is 3.62. The van der Waals surface area contributed by atoms with Gasteiger partial charge in [-0.3, -0.25) is 0 Å². The van der Waals surface area contributed by atoms with E-state index in [0.717, 1.165) is 22.6 Å². The number of phenolic OH excluding ortho intramolecular Hbond substituents is 1. The summed E-state index contributed by atoms with van der Waals surface area (Å²) in [7, 11) is -1.69. The number of hydrogen-bond donors (Lipinski definition) is 2. The van der Waals surface area contributed by atoms with Gasteiger partial charge >= 0.3 is 0 Å². The van der Waals surface area contributed by atoms with Gasteiger partial charge in [-0.1, -0.05) is 37.3 Å². The smallest absolute Gasteiger partial charge is 0.133 e. The molecule has 2 aromatic carbocycles. The number of phenols is 1. The van der Waals surface area contributed by atoms with Crippen LogP contribution in [0.2, 0.25) is 0 Å². The molecule has 106 valence electrons. The Bertz CT molecular complexity index is 612. The zero-order valence-corrected chi connectivity index (χ0v) is 12.8. The molecule has 0 amide bonds. The van der Waals surface area contributed by atoms with Crippen molar-refractivity contribution in [2.75, 3.05) is 5.75 Å². The van der Waals surface area contributed by atoms with E-state index in [0.29, 0.717) is 0 Å². The molecule has 1 atom stereocenters. The van der Waals surface area contributed by atoms with Gasteiger partial charge in [0.1, 0.15) is 16.7 Å². The minimum absolute atomic E-state index is 0.0365. The number of aromatic hydroxyl groups is 1. The van der Waals surface area contributed by atoms with Gasteiger partial charge in [0.15, 0.2) is 0 Å². The molecule has 0 fully saturated rings. The van der Waals surface area contributed by atoms with Crippen molar-refractivity contribution in [3.8, 4) is 16.9 Å². The van der Waals surface area contributed by atoms with Crippen molar-refractivity contribution >= 4 is 22.7 Å². The fourth-order valence-corrected chi connectivity index (χ4v) is 3.02. The minimum atomic E-state index is -1.69. The average molecular weight is 307 g/mol. The summed E-state index contributed by atoms with van der Waals surface area (Å²) in [6.07, 6.45) is 0. The fourth-order valence-electron chi connectivity index (χ4n) is 1.87. The fraction of sp³-hybridized carbons (Fsp3) is 0.200. The van der Waals surface area contributed by atoms with Crippen LogP contribution in [0.1, 0.15) is 12.5 Å². The van der Waals surface area contributed by atoms with Crippen LogP contribution in [-0.4, -0.2) is 15.1 Å². The summed E-state index contributed by atoms with van der Waals surface area (Å²) in [5.41, 5.74) is 3.19. The zero-order chi connectivity index (χ0) is 14.5. The molecule has 0 saturated carbocycles. The van der Waals surface area contributed by atoms with Crippen LogP contribution in [0, 0.1) is 0 Å². The zero-order valence-electron chi connectivity index (χ0n) is 11.2. The molecular formula is C15H17NO2S2. The van der Waals surface area contributed by atoms with Crippen LogP contribution >= 0.6 is 11.8 Å². The molecule has 0 aliphatic rings. The first-order valence-electron chi connectivity index (χ1n) is 6.28. The molecule has 3 N–H and O–H groups in total. The second-order valence-electron chi connectivity index (χ2n) is 4.31. The third-order valence-corrected chi connectivity index (χ3v) is 4.64. The van der Waals surface area contributed by atoms with Crippen LogP contribution in [0.3, 0.4) is 0 Å². The highest BCUT2D eigenvalue weighted by molar-refractivity contribution is 7.98. The SMILES string of the molecule is CCSCc1ccc(-c2ccc(O)c(S(N)=O)c2)cc1. The van der Waals surface area contributed by atoms with Crippen molar-refractivity contribution in [2.45, 2.75) is 17.6 Å². The number of nitrogens with two attached hydrogens (primary N) is 1. The third-order valence-electron chi connectivity index (χ3n) is 2.94. The molecule has 0 aliphatic carbocycles. The van der Waals surface area contributed by atoms with Gasteiger partial charge in [-0.25, -0.2) is 9.35 Å². The van der Waals surface area contributed by atoms with Crippen molar-refractivity contribution in [1.29, 1.82) is 0 Å². The highest BCUT2D eigenvalue weighted by atomic mass is 32.2. The molecule has 0 saturated heterocycles. The maximum Gasteiger partial charge on any atom is 0.133 e. The minimum Gasteiger partial charge on any atom is -0.507 e. The summed E-state index contributed by atoms with van der Waals surface area (Å²) in [5, 5.41) is 15.0. The first-order chi connectivity index (χ1) is 9.61. The van der Waals surface area contributed by atoms with Crippen molar-refractivity contribution < 1.29 is 9.32 Å². The van der Waals surface area contributed by atoms with Gasteiger partial charge in [0.2, 0.25) is 0 Å². The van der Waals surface area contributed by atoms with Crippen LogP contribution in [0.5, 0.6) is 5.75 Å². The van der Waals surface area contributed by atoms with Crippen LogP contribution in [-0.2, 0) is 16.7 Å². The van der Waals surface area contributed by atoms with E-state index < -0.39 is 11.0 Å². The van der Waals surface area contributed by atoms with E-state index >= 15 is 0 Å². The summed E-state index contributed by atoms with van der Waals surface area (Å²) >= 11 is 1.88. The summed E-state index contributed by atoms with van der Waals surface area (Å²) in [4.78, 5) is 0.258. The number of thioether (sulfide) groups is 1. The molecule has 0 aliphatic heterocycles. The predicted molar refractivity (Wildman–Crippen MR) is 86.0 cm³/mol. The lowest BCUT2D eigenvalue weighted by atomic mass is 10.0. The summed E-state index contributed by atoms with van der Waals surface area (Å²) in [6.45, 7) is 2.14. The standard InChI is InChI=1S/C15H17NO2S2/c1-2-19-10-11-3-5-12(6-4-11)13-7-8-14(17)15(9-13)20(16)18/h3-9,17H,2,10,16H2,1H3. The van der Waals surface area contributed by atoms with Gasteiger partial charge in [0.25, 0.3) is 0 Å². The molecule has 5 heteroatoms. The highest BCUT2D eigenvalue weighted by Crippen LogP contribution is 2.28. The van der Waals surface area contributed by atoms with Gasteiger partial charge in [-0.15, -0.1) is 0 Å². The largest absolute Gasteiger partial charge is 0.507 e. The van der Waals surface area contributed by atoms with Crippen LogP contribution in [0.4, 0.5) is 0 Å². The van der Waals surface area contributed by atoms with Crippen LogP contribution in [0.25, 0.3) is 11.1 Å². The van der Waals surface area contributed by atoms with E-state index in [-0.39, 0.29) is 10.6 Å². The lowest BCUT2D eigenvalue weighted by Gasteiger charge is -2.07. The van der Waals surface area contributed by atoms with Gasteiger partial charge in [-0.05, 0) is 34.6 Å². The number of benzene rings is 2. The van der Waals surface area contributed by atoms with E-state index in [1.54, 1.807) is 12.1 Å². The van der Waals surface area contributed by atoms with E-state index in [4.69, 9.17) is 5.14 Å².